The van der Waals surface area contributed by atoms with Gasteiger partial charge in [-0.05, 0) is 57.8 Å². The summed E-state index contributed by atoms with van der Waals surface area (Å²) >= 11 is 2.04. The molecule has 0 heterocycles. The van der Waals surface area contributed by atoms with Gasteiger partial charge in [0, 0.05) is 12.1 Å². The molecule has 0 aromatic carbocycles. The molecule has 15 heavy (non-hydrogen) atoms. The second kappa shape index (κ2) is 6.77. The first-order valence-corrected chi connectivity index (χ1v) is 7.32. The van der Waals surface area contributed by atoms with Crippen molar-refractivity contribution in [2.45, 2.75) is 38.1 Å². The Labute approximate surface area is 99.2 Å². The fraction of sp³-hybridized carbons (Fsp3) is 1.00. The molecule has 0 bridgehead atoms. The second-order valence-corrected chi connectivity index (χ2v) is 6.09. The minimum Gasteiger partial charge on any atom is -0.315 e. The van der Waals surface area contributed by atoms with Crippen molar-refractivity contribution in [2.24, 2.45) is 0 Å². The van der Waals surface area contributed by atoms with E-state index in [1.165, 1.54) is 50.3 Å². The Hall–Kier alpha value is 0.270. The molecule has 2 nitrogen and oxygen atoms in total. The highest BCUT2D eigenvalue weighted by Crippen LogP contribution is 2.35. The summed E-state index contributed by atoms with van der Waals surface area (Å²) in [5.41, 5.74) is 0.484. The molecule has 1 fully saturated rings. The number of likely N-dealkylation sites (N-methyl/N-ethyl adjacent to an activating group) is 1. The molecule has 90 valence electrons. The normalized spacial score (nSPS) is 19.2. The lowest BCUT2D eigenvalue weighted by Gasteiger charge is -2.47. The Bertz CT molecular complexity index is 167. The van der Waals surface area contributed by atoms with Crippen LogP contribution in [0.3, 0.4) is 0 Å². The zero-order valence-electron chi connectivity index (χ0n) is 10.5. The van der Waals surface area contributed by atoms with E-state index in [1.807, 2.05) is 11.8 Å². The maximum Gasteiger partial charge on any atom is 0.0327 e. The van der Waals surface area contributed by atoms with Crippen molar-refractivity contribution in [2.75, 3.05) is 38.7 Å². The molecular formula is C12H26N2S. The largest absolute Gasteiger partial charge is 0.315 e. The number of hydrogen-bond donors (Lipinski definition) is 1. The van der Waals surface area contributed by atoms with Gasteiger partial charge in [0.1, 0.15) is 0 Å². The van der Waals surface area contributed by atoms with Crippen LogP contribution in [0, 0.1) is 0 Å². The minimum atomic E-state index is 0.484. The molecule has 0 aromatic rings. The summed E-state index contributed by atoms with van der Waals surface area (Å²) in [6, 6.07) is 0. The van der Waals surface area contributed by atoms with Crippen molar-refractivity contribution in [1.82, 2.24) is 10.2 Å². The summed E-state index contributed by atoms with van der Waals surface area (Å²) in [6.07, 6.45) is 5.46. The summed E-state index contributed by atoms with van der Waals surface area (Å²) in [6.45, 7) is 4.59. The van der Waals surface area contributed by atoms with Crippen molar-refractivity contribution >= 4 is 11.8 Å². The Morgan fingerprint density at radius 3 is 2.53 bits per heavy atom. The van der Waals surface area contributed by atoms with Crippen molar-refractivity contribution in [3.63, 3.8) is 0 Å². The Morgan fingerprint density at radius 1 is 1.33 bits per heavy atom. The molecule has 1 rings (SSSR count). The molecule has 0 radical (unpaired) electrons. The Kier molecular flexibility index (Phi) is 6.02. The van der Waals surface area contributed by atoms with E-state index < -0.39 is 0 Å². The molecule has 0 atom stereocenters. The van der Waals surface area contributed by atoms with Gasteiger partial charge in [-0.3, -0.25) is 0 Å². The highest BCUT2D eigenvalue weighted by Gasteiger charge is 2.38. The van der Waals surface area contributed by atoms with Gasteiger partial charge < -0.3 is 10.2 Å². The topological polar surface area (TPSA) is 15.3 Å². The third kappa shape index (κ3) is 3.97. The van der Waals surface area contributed by atoms with Crippen LogP contribution in [0.2, 0.25) is 0 Å². The number of thioether (sulfide) groups is 1. The SMILES string of the molecule is CCSCCCNCC1(N(C)C)CCC1. The van der Waals surface area contributed by atoms with Crippen LogP contribution in [0.15, 0.2) is 0 Å². The third-order valence-electron chi connectivity index (χ3n) is 3.53. The van der Waals surface area contributed by atoms with Crippen LogP contribution in [0.5, 0.6) is 0 Å². The van der Waals surface area contributed by atoms with Crippen molar-refractivity contribution in [3.8, 4) is 0 Å². The van der Waals surface area contributed by atoms with Gasteiger partial charge in [0.15, 0.2) is 0 Å². The predicted octanol–water partition coefficient (Wildman–Crippen LogP) is 2.20. The van der Waals surface area contributed by atoms with Crippen molar-refractivity contribution < 1.29 is 0 Å². The maximum atomic E-state index is 3.61. The van der Waals surface area contributed by atoms with E-state index in [-0.39, 0.29) is 0 Å². The lowest BCUT2D eigenvalue weighted by Crippen LogP contribution is -2.56. The first kappa shape index (κ1) is 13.3. The summed E-state index contributed by atoms with van der Waals surface area (Å²) in [5.74, 6) is 2.56. The van der Waals surface area contributed by atoms with Crippen molar-refractivity contribution in [1.29, 1.82) is 0 Å². The van der Waals surface area contributed by atoms with E-state index in [4.69, 9.17) is 0 Å². The second-order valence-electron chi connectivity index (χ2n) is 4.70. The molecule has 1 aliphatic carbocycles. The van der Waals surface area contributed by atoms with Crippen LogP contribution < -0.4 is 5.32 Å². The number of nitrogens with zero attached hydrogens (tertiary/aromatic N) is 1. The number of hydrogen-bond acceptors (Lipinski definition) is 3. The van der Waals surface area contributed by atoms with Gasteiger partial charge in [0.25, 0.3) is 0 Å². The number of rotatable bonds is 8. The fourth-order valence-electron chi connectivity index (χ4n) is 2.13. The maximum absolute atomic E-state index is 3.61. The van der Waals surface area contributed by atoms with Gasteiger partial charge in [0.05, 0.1) is 0 Å². The van der Waals surface area contributed by atoms with Crippen LogP contribution in [0.25, 0.3) is 0 Å². The zero-order chi connectivity index (χ0) is 11.1. The van der Waals surface area contributed by atoms with Crippen LogP contribution >= 0.6 is 11.8 Å². The van der Waals surface area contributed by atoms with Gasteiger partial charge in [0.2, 0.25) is 0 Å². The van der Waals surface area contributed by atoms with E-state index in [0.29, 0.717) is 5.54 Å². The molecular weight excluding hydrogens is 204 g/mol. The standard InChI is InChI=1S/C12H26N2S/c1-4-15-10-6-9-13-11-12(14(2)3)7-5-8-12/h13H,4-11H2,1-3H3. The summed E-state index contributed by atoms with van der Waals surface area (Å²) in [5, 5.41) is 3.61. The molecule has 1 N–H and O–H groups in total. The summed E-state index contributed by atoms with van der Waals surface area (Å²) in [7, 11) is 4.43. The van der Waals surface area contributed by atoms with Gasteiger partial charge in [-0.25, -0.2) is 0 Å². The lowest BCUT2D eigenvalue weighted by molar-refractivity contribution is 0.0604. The van der Waals surface area contributed by atoms with E-state index in [1.54, 1.807) is 0 Å². The minimum absolute atomic E-state index is 0.484. The van der Waals surface area contributed by atoms with Gasteiger partial charge in [-0.1, -0.05) is 6.92 Å². The van der Waals surface area contributed by atoms with Crippen molar-refractivity contribution in [3.05, 3.63) is 0 Å². The molecule has 0 spiro atoms. The van der Waals surface area contributed by atoms with Gasteiger partial charge in [-0.15, -0.1) is 0 Å². The zero-order valence-corrected chi connectivity index (χ0v) is 11.3. The molecule has 0 unspecified atom stereocenters. The quantitative estimate of drug-likeness (QED) is 0.644. The van der Waals surface area contributed by atoms with Gasteiger partial charge in [-0.2, -0.15) is 11.8 Å². The first-order valence-electron chi connectivity index (χ1n) is 6.17. The third-order valence-corrected chi connectivity index (χ3v) is 4.52. The number of nitrogens with one attached hydrogen (secondary N) is 1. The summed E-state index contributed by atoms with van der Waals surface area (Å²) < 4.78 is 0. The highest BCUT2D eigenvalue weighted by atomic mass is 32.2. The molecule has 0 aromatic heterocycles. The van der Waals surface area contributed by atoms with Crippen LogP contribution in [0.4, 0.5) is 0 Å². The van der Waals surface area contributed by atoms with Crippen LogP contribution in [0.1, 0.15) is 32.6 Å². The highest BCUT2D eigenvalue weighted by molar-refractivity contribution is 7.99. The lowest BCUT2D eigenvalue weighted by atomic mass is 9.75. The molecule has 1 saturated carbocycles. The molecule has 3 heteroatoms. The van der Waals surface area contributed by atoms with E-state index >= 15 is 0 Å². The van der Waals surface area contributed by atoms with Crippen LogP contribution in [-0.4, -0.2) is 49.1 Å². The molecule has 1 aliphatic rings. The molecule has 0 aliphatic heterocycles. The van der Waals surface area contributed by atoms with Crippen LogP contribution in [-0.2, 0) is 0 Å². The monoisotopic (exact) mass is 230 g/mol. The van der Waals surface area contributed by atoms with E-state index in [2.05, 4.69) is 31.2 Å². The van der Waals surface area contributed by atoms with Gasteiger partial charge >= 0.3 is 0 Å². The average molecular weight is 230 g/mol. The molecule has 0 saturated heterocycles. The van der Waals surface area contributed by atoms with E-state index in [9.17, 15) is 0 Å². The Morgan fingerprint density at radius 2 is 2.07 bits per heavy atom. The fourth-order valence-corrected chi connectivity index (χ4v) is 2.77. The Balaban J connectivity index is 2.03. The smallest absolute Gasteiger partial charge is 0.0327 e. The predicted molar refractivity (Wildman–Crippen MR) is 70.8 cm³/mol. The first-order chi connectivity index (χ1) is 7.21. The summed E-state index contributed by atoms with van der Waals surface area (Å²) in [4.78, 5) is 2.41. The average Bonchev–Trinajstić information content (AvgIpc) is 2.13. The van der Waals surface area contributed by atoms with E-state index in [0.717, 1.165) is 0 Å². The molecule has 0 amide bonds.